The number of rotatable bonds is 3. The summed E-state index contributed by atoms with van der Waals surface area (Å²) in [5.74, 6) is 0.681. The molecule has 100 valence electrons. The van der Waals surface area contributed by atoms with E-state index in [-0.39, 0.29) is 5.75 Å². The molecule has 0 radical (unpaired) electrons. The minimum atomic E-state index is -3.01. The van der Waals surface area contributed by atoms with E-state index < -0.39 is 10.0 Å². The van der Waals surface area contributed by atoms with E-state index in [4.69, 9.17) is 0 Å². The van der Waals surface area contributed by atoms with Crippen LogP contribution >= 0.6 is 15.9 Å². The van der Waals surface area contributed by atoms with Crippen molar-refractivity contribution in [1.82, 2.24) is 4.31 Å². The molecule has 3 nitrogen and oxygen atoms in total. The van der Waals surface area contributed by atoms with Gasteiger partial charge in [-0.1, -0.05) is 28.1 Å². The number of halogens is 1. The van der Waals surface area contributed by atoms with Gasteiger partial charge in [0.1, 0.15) is 0 Å². The van der Waals surface area contributed by atoms with Gasteiger partial charge in [-0.2, -0.15) is 0 Å². The molecule has 0 aromatic heterocycles. The smallest absolute Gasteiger partial charge is 0.212 e. The Kier molecular flexibility index (Phi) is 4.45. The van der Waals surface area contributed by atoms with Crippen molar-refractivity contribution in [1.29, 1.82) is 0 Å². The van der Waals surface area contributed by atoms with E-state index in [9.17, 15) is 8.42 Å². The molecule has 5 heteroatoms. The Bertz CT molecular complexity index is 507. The molecule has 1 heterocycles. The summed E-state index contributed by atoms with van der Waals surface area (Å²) >= 11 is 3.48. The van der Waals surface area contributed by atoms with E-state index >= 15 is 0 Å². The van der Waals surface area contributed by atoms with Gasteiger partial charge in [-0.3, -0.25) is 0 Å². The summed E-state index contributed by atoms with van der Waals surface area (Å²) < 4.78 is 26.3. The lowest BCUT2D eigenvalue weighted by atomic mass is 9.90. The van der Waals surface area contributed by atoms with Gasteiger partial charge < -0.3 is 0 Å². The fourth-order valence-corrected chi connectivity index (χ4v) is 3.96. The first-order valence-corrected chi connectivity index (χ1v) is 8.66. The molecule has 0 atom stereocenters. The molecule has 1 aromatic carbocycles. The molecule has 0 bridgehead atoms. The molecular weight excluding hydrogens is 314 g/mol. The van der Waals surface area contributed by atoms with Crippen LogP contribution in [0.5, 0.6) is 0 Å². The summed E-state index contributed by atoms with van der Waals surface area (Å²) in [6, 6.07) is 8.31. The SMILES string of the molecule is CCS(=O)(=O)N1CCC(c2cccc(Br)c2)CC1. The molecule has 0 spiro atoms. The average molecular weight is 332 g/mol. The molecule has 0 amide bonds. The van der Waals surface area contributed by atoms with Gasteiger partial charge in [-0.05, 0) is 43.4 Å². The Morgan fingerprint density at radius 1 is 1.33 bits per heavy atom. The Morgan fingerprint density at radius 3 is 2.56 bits per heavy atom. The predicted molar refractivity (Wildman–Crippen MR) is 77.2 cm³/mol. The Balaban J connectivity index is 2.03. The lowest BCUT2D eigenvalue weighted by Crippen LogP contribution is -2.38. The zero-order valence-corrected chi connectivity index (χ0v) is 12.9. The van der Waals surface area contributed by atoms with Crippen molar-refractivity contribution in [3.05, 3.63) is 34.3 Å². The van der Waals surface area contributed by atoms with Crippen LogP contribution in [0.1, 0.15) is 31.2 Å². The molecule has 1 fully saturated rings. The van der Waals surface area contributed by atoms with E-state index in [1.807, 2.05) is 12.1 Å². The van der Waals surface area contributed by atoms with Crippen LogP contribution in [-0.2, 0) is 10.0 Å². The molecule has 18 heavy (non-hydrogen) atoms. The highest BCUT2D eigenvalue weighted by Crippen LogP contribution is 2.30. The number of sulfonamides is 1. The van der Waals surface area contributed by atoms with Crippen LogP contribution in [0, 0.1) is 0 Å². The third-order valence-electron chi connectivity index (χ3n) is 3.53. The molecule has 1 aliphatic heterocycles. The standard InChI is InChI=1S/C13H18BrNO2S/c1-2-18(16,17)15-8-6-11(7-9-15)12-4-3-5-13(14)10-12/h3-5,10-11H,2,6-9H2,1H3. The van der Waals surface area contributed by atoms with Crippen LogP contribution in [0.3, 0.4) is 0 Å². The topological polar surface area (TPSA) is 37.4 Å². The maximum atomic E-state index is 11.8. The number of nitrogens with zero attached hydrogens (tertiary/aromatic N) is 1. The Labute approximate surface area is 117 Å². The molecule has 1 aromatic rings. The summed E-state index contributed by atoms with van der Waals surface area (Å²) in [5.41, 5.74) is 1.30. The van der Waals surface area contributed by atoms with Gasteiger partial charge in [-0.25, -0.2) is 12.7 Å². The van der Waals surface area contributed by atoms with Crippen molar-refractivity contribution in [2.75, 3.05) is 18.8 Å². The fourth-order valence-electron chi connectivity index (χ4n) is 2.41. The van der Waals surface area contributed by atoms with Gasteiger partial charge in [0, 0.05) is 17.6 Å². The first-order chi connectivity index (χ1) is 8.53. The number of piperidine rings is 1. The number of hydrogen-bond acceptors (Lipinski definition) is 2. The first-order valence-electron chi connectivity index (χ1n) is 6.26. The zero-order valence-electron chi connectivity index (χ0n) is 10.5. The summed E-state index contributed by atoms with van der Waals surface area (Å²) in [5, 5.41) is 0. The van der Waals surface area contributed by atoms with Crippen LogP contribution < -0.4 is 0 Å². The van der Waals surface area contributed by atoms with Gasteiger partial charge >= 0.3 is 0 Å². The van der Waals surface area contributed by atoms with Crippen molar-refractivity contribution >= 4 is 26.0 Å². The third kappa shape index (κ3) is 3.13. The Morgan fingerprint density at radius 2 is 2.00 bits per heavy atom. The van der Waals surface area contributed by atoms with Crippen molar-refractivity contribution in [2.45, 2.75) is 25.7 Å². The van der Waals surface area contributed by atoms with Crippen molar-refractivity contribution in [3.8, 4) is 0 Å². The minimum Gasteiger partial charge on any atom is -0.212 e. The molecule has 0 N–H and O–H groups in total. The summed E-state index contributed by atoms with van der Waals surface area (Å²) in [6.45, 7) is 3.00. The van der Waals surface area contributed by atoms with Gasteiger partial charge in [-0.15, -0.1) is 0 Å². The van der Waals surface area contributed by atoms with E-state index in [0.717, 1.165) is 17.3 Å². The second-order valence-corrected chi connectivity index (χ2v) is 7.80. The monoisotopic (exact) mass is 331 g/mol. The van der Waals surface area contributed by atoms with Crippen LogP contribution in [-0.4, -0.2) is 31.6 Å². The largest absolute Gasteiger partial charge is 0.213 e. The lowest BCUT2D eigenvalue weighted by molar-refractivity contribution is 0.320. The maximum absolute atomic E-state index is 11.8. The zero-order chi connectivity index (χ0) is 13.2. The third-order valence-corrected chi connectivity index (χ3v) is 5.91. The van der Waals surface area contributed by atoms with E-state index in [1.165, 1.54) is 5.56 Å². The molecule has 2 rings (SSSR count). The minimum absolute atomic E-state index is 0.203. The van der Waals surface area contributed by atoms with Crippen LogP contribution in [0.25, 0.3) is 0 Å². The Hall–Kier alpha value is -0.390. The van der Waals surface area contributed by atoms with E-state index in [1.54, 1.807) is 11.2 Å². The van der Waals surface area contributed by atoms with E-state index in [0.29, 0.717) is 19.0 Å². The molecule has 1 aliphatic rings. The molecule has 0 aliphatic carbocycles. The normalized spacial score (nSPS) is 19.0. The summed E-state index contributed by atoms with van der Waals surface area (Å²) in [7, 11) is -3.01. The first kappa shape index (κ1) is 14.0. The highest BCUT2D eigenvalue weighted by atomic mass is 79.9. The quantitative estimate of drug-likeness (QED) is 0.853. The van der Waals surface area contributed by atoms with Crippen molar-refractivity contribution < 1.29 is 8.42 Å². The summed E-state index contributed by atoms with van der Waals surface area (Å²) in [6.07, 6.45) is 1.82. The second-order valence-electron chi connectivity index (χ2n) is 4.63. The average Bonchev–Trinajstić information content (AvgIpc) is 2.39. The van der Waals surface area contributed by atoms with Gasteiger partial charge in [0.15, 0.2) is 0 Å². The number of hydrogen-bond donors (Lipinski definition) is 0. The molecule has 0 saturated carbocycles. The lowest BCUT2D eigenvalue weighted by Gasteiger charge is -2.31. The van der Waals surface area contributed by atoms with Crippen molar-refractivity contribution in [3.63, 3.8) is 0 Å². The predicted octanol–water partition coefficient (Wildman–Crippen LogP) is 2.98. The number of benzene rings is 1. The molecule has 0 unspecified atom stereocenters. The highest BCUT2D eigenvalue weighted by Gasteiger charge is 2.27. The fraction of sp³-hybridized carbons (Fsp3) is 0.538. The van der Waals surface area contributed by atoms with Crippen LogP contribution in [0.4, 0.5) is 0 Å². The summed E-state index contributed by atoms with van der Waals surface area (Å²) in [4.78, 5) is 0. The van der Waals surface area contributed by atoms with Crippen LogP contribution in [0.15, 0.2) is 28.7 Å². The molecular formula is C13H18BrNO2S. The van der Waals surface area contributed by atoms with Gasteiger partial charge in [0.2, 0.25) is 10.0 Å². The van der Waals surface area contributed by atoms with Crippen LogP contribution in [0.2, 0.25) is 0 Å². The van der Waals surface area contributed by atoms with Gasteiger partial charge in [0.05, 0.1) is 5.75 Å². The highest BCUT2D eigenvalue weighted by molar-refractivity contribution is 9.10. The van der Waals surface area contributed by atoms with Crippen molar-refractivity contribution in [2.24, 2.45) is 0 Å². The second kappa shape index (κ2) is 5.72. The maximum Gasteiger partial charge on any atom is 0.213 e. The molecule has 1 saturated heterocycles. The van der Waals surface area contributed by atoms with Gasteiger partial charge in [0.25, 0.3) is 0 Å². The van der Waals surface area contributed by atoms with E-state index in [2.05, 4.69) is 28.1 Å².